The largest absolute Gasteiger partial charge is 0.372 e. The number of nitrogens with zero attached hydrogens (tertiary/aromatic N) is 9. The van der Waals surface area contributed by atoms with Gasteiger partial charge in [0.25, 0.3) is 0 Å². The molecule has 2 fully saturated rings. The molecule has 6 heterocycles. The van der Waals surface area contributed by atoms with Crippen LogP contribution in [-0.2, 0) is 23.3 Å². The lowest BCUT2D eigenvalue weighted by Crippen LogP contribution is -2.49. The Morgan fingerprint density at radius 3 is 2.45 bits per heavy atom. The third kappa shape index (κ3) is 8.56. The minimum absolute atomic E-state index is 0.0510. The first kappa shape index (κ1) is 38.7. The number of aromatic nitrogens is 6. The van der Waals surface area contributed by atoms with Gasteiger partial charge in [-0.1, -0.05) is 38.1 Å². The van der Waals surface area contributed by atoms with Crippen LogP contribution in [0.3, 0.4) is 0 Å². The van der Waals surface area contributed by atoms with Crippen LogP contribution in [-0.4, -0.2) is 85.4 Å². The van der Waals surface area contributed by atoms with Crippen molar-refractivity contribution in [2.75, 3.05) is 47.8 Å². The van der Waals surface area contributed by atoms with Crippen molar-refractivity contribution in [1.82, 2.24) is 45.4 Å². The van der Waals surface area contributed by atoms with E-state index in [4.69, 9.17) is 9.62 Å². The number of imide groups is 1. The van der Waals surface area contributed by atoms with Crippen molar-refractivity contribution in [3.8, 4) is 11.3 Å². The lowest BCUT2D eigenvalue weighted by Gasteiger charge is -2.37. The summed E-state index contributed by atoms with van der Waals surface area (Å²) in [5, 5.41) is 17.6. The summed E-state index contributed by atoms with van der Waals surface area (Å²) < 4.78 is 7.31. The van der Waals surface area contributed by atoms with Crippen LogP contribution in [0.25, 0.3) is 11.3 Å². The molecule has 5 aromatic rings. The molecule has 0 aliphatic carbocycles. The van der Waals surface area contributed by atoms with Gasteiger partial charge in [0.1, 0.15) is 12.1 Å². The highest BCUT2D eigenvalue weighted by atomic mass is 16.5. The fourth-order valence-corrected chi connectivity index (χ4v) is 7.92. The minimum Gasteiger partial charge on any atom is -0.372 e. The van der Waals surface area contributed by atoms with Gasteiger partial charge in [0.15, 0.2) is 11.6 Å². The van der Waals surface area contributed by atoms with Crippen molar-refractivity contribution in [3.63, 3.8) is 0 Å². The van der Waals surface area contributed by atoms with Gasteiger partial charge in [-0.3, -0.25) is 29.4 Å². The van der Waals surface area contributed by atoms with Gasteiger partial charge in [-0.15, -0.1) is 0 Å². The molecule has 3 aliphatic heterocycles. The Bertz CT molecular complexity index is 2300. The number of urea groups is 1. The second-order valence-corrected chi connectivity index (χ2v) is 16.5. The number of piperidine rings is 1. The van der Waals surface area contributed by atoms with Gasteiger partial charge in [-0.2, -0.15) is 10.1 Å². The molecule has 4 amide bonds. The van der Waals surface area contributed by atoms with E-state index in [1.165, 1.54) is 5.69 Å². The first-order valence-electron chi connectivity index (χ1n) is 20.0. The number of benzene rings is 2. The number of hydrogen-bond donors (Lipinski definition) is 3. The third-order valence-electron chi connectivity index (χ3n) is 11.2. The van der Waals surface area contributed by atoms with E-state index in [-0.39, 0.29) is 29.3 Å². The van der Waals surface area contributed by atoms with Crippen LogP contribution in [0, 0.1) is 12.8 Å². The van der Waals surface area contributed by atoms with E-state index in [1.54, 1.807) is 11.2 Å². The van der Waals surface area contributed by atoms with Gasteiger partial charge in [0, 0.05) is 80.2 Å². The number of carbonyl (C=O) groups is 3. The smallest absolute Gasteiger partial charge is 0.328 e. The normalized spacial score (nSPS) is 17.2. The molecule has 0 spiro atoms. The lowest BCUT2D eigenvalue weighted by molar-refractivity contribution is -0.120. The van der Waals surface area contributed by atoms with Crippen molar-refractivity contribution < 1.29 is 18.9 Å². The summed E-state index contributed by atoms with van der Waals surface area (Å²) in [6.07, 6.45) is 4.11. The summed E-state index contributed by atoms with van der Waals surface area (Å²) >= 11 is 0. The topological polar surface area (TPSA) is 180 Å². The van der Waals surface area contributed by atoms with Gasteiger partial charge in [0.05, 0.1) is 24.0 Å². The summed E-state index contributed by atoms with van der Waals surface area (Å²) in [4.78, 5) is 56.5. The maximum absolute atomic E-state index is 12.9. The highest BCUT2D eigenvalue weighted by Gasteiger charge is 2.28. The van der Waals surface area contributed by atoms with Crippen LogP contribution < -0.4 is 25.8 Å². The number of amides is 4. The number of rotatable bonds is 10. The van der Waals surface area contributed by atoms with Gasteiger partial charge in [0.2, 0.25) is 5.91 Å². The molecule has 3 aromatic heterocycles. The fourth-order valence-electron chi connectivity index (χ4n) is 7.92. The first-order chi connectivity index (χ1) is 27.9. The van der Waals surface area contributed by atoms with Gasteiger partial charge < -0.3 is 20.1 Å². The predicted octanol–water partition coefficient (Wildman–Crippen LogP) is 5.74. The average molecular weight is 787 g/mol. The molecule has 8 rings (SSSR count). The zero-order valence-corrected chi connectivity index (χ0v) is 33.7. The van der Waals surface area contributed by atoms with Crippen LogP contribution in [0.1, 0.15) is 86.3 Å². The van der Waals surface area contributed by atoms with E-state index in [1.807, 2.05) is 65.0 Å². The summed E-state index contributed by atoms with van der Waals surface area (Å²) in [6, 6.07) is 17.5. The third-order valence-corrected chi connectivity index (χ3v) is 11.2. The molecule has 3 N–H and O–H groups in total. The van der Waals surface area contributed by atoms with Gasteiger partial charge in [-0.25, -0.2) is 14.8 Å². The van der Waals surface area contributed by atoms with Gasteiger partial charge in [-0.05, 0) is 74.1 Å². The summed E-state index contributed by atoms with van der Waals surface area (Å²) in [5.74, 6) is 1.82. The molecule has 2 saturated heterocycles. The van der Waals surface area contributed by atoms with Crippen LogP contribution in [0.4, 0.5) is 27.8 Å². The number of nitrogens with one attached hydrogen (secondary N) is 3. The van der Waals surface area contributed by atoms with Crippen molar-refractivity contribution in [3.05, 3.63) is 89.5 Å². The molecule has 58 heavy (non-hydrogen) atoms. The summed E-state index contributed by atoms with van der Waals surface area (Å²) in [6.45, 7) is 15.9. The Labute approximate surface area is 337 Å². The van der Waals surface area contributed by atoms with Crippen molar-refractivity contribution >= 4 is 40.9 Å². The number of fused-ring (bicyclic) bond motifs is 1. The first-order valence-corrected chi connectivity index (χ1v) is 20.0. The van der Waals surface area contributed by atoms with Crippen molar-refractivity contribution in [2.45, 2.75) is 78.4 Å². The lowest BCUT2D eigenvalue weighted by atomic mass is 9.95. The van der Waals surface area contributed by atoms with E-state index in [0.717, 1.165) is 91.7 Å². The highest BCUT2D eigenvalue weighted by Crippen LogP contribution is 2.30. The second-order valence-electron chi connectivity index (χ2n) is 16.5. The monoisotopic (exact) mass is 786 g/mol. The highest BCUT2D eigenvalue weighted by molar-refractivity contribution is 6.05. The molecule has 0 saturated carbocycles. The Balaban J connectivity index is 0.827. The molecule has 3 aliphatic rings. The Hall–Kier alpha value is -6.16. The van der Waals surface area contributed by atoms with E-state index in [0.29, 0.717) is 30.5 Å². The summed E-state index contributed by atoms with van der Waals surface area (Å²) in [7, 11) is 0. The van der Waals surface area contributed by atoms with Crippen molar-refractivity contribution in [2.24, 2.45) is 5.92 Å². The average Bonchev–Trinajstić information content (AvgIpc) is 3.87. The molecule has 0 bridgehead atoms. The SMILES string of the molecule is Cc1cc(-c2cc(Nc3cc4n(n3)CCN(CC3CCN(c5ccc(N6CCC(=O)NC6=O)cc5)CC3)C4)ncn2)ccc1[C@@H](C)NC(=O)c1nc(C(C)(C)C)no1. The molecule has 0 unspecified atom stereocenters. The second kappa shape index (κ2) is 16.0. The summed E-state index contributed by atoms with van der Waals surface area (Å²) in [5.41, 5.74) is 6.50. The van der Waals surface area contributed by atoms with Crippen LogP contribution in [0.15, 0.2) is 65.4 Å². The number of hydrogen-bond acceptors (Lipinski definition) is 12. The quantitative estimate of drug-likeness (QED) is 0.157. The van der Waals surface area contributed by atoms with Crippen molar-refractivity contribution in [1.29, 1.82) is 0 Å². The van der Waals surface area contributed by atoms with Crippen LogP contribution >= 0.6 is 0 Å². The Morgan fingerprint density at radius 2 is 1.72 bits per heavy atom. The van der Waals surface area contributed by atoms with Gasteiger partial charge >= 0.3 is 17.8 Å². The molecule has 2 aromatic carbocycles. The number of carbonyl (C=O) groups excluding carboxylic acids is 3. The Kier molecular flexibility index (Phi) is 10.7. The fraction of sp³-hybridized carbons (Fsp3) is 0.429. The predicted molar refractivity (Wildman–Crippen MR) is 219 cm³/mol. The van der Waals surface area contributed by atoms with E-state index in [2.05, 4.69) is 74.8 Å². The number of anilines is 4. The van der Waals surface area contributed by atoms with Crippen LogP contribution in [0.2, 0.25) is 0 Å². The Morgan fingerprint density at radius 1 is 0.948 bits per heavy atom. The molecule has 1 atom stereocenters. The van der Waals surface area contributed by atoms with E-state index >= 15 is 0 Å². The minimum atomic E-state index is -0.412. The van der Waals surface area contributed by atoms with E-state index in [9.17, 15) is 14.4 Å². The molecule has 16 nitrogen and oxygen atoms in total. The maximum Gasteiger partial charge on any atom is 0.328 e. The molecule has 16 heteroatoms. The standard InChI is InChI=1S/C42H50N12O4/c1-26-20-29(6-11-33(26)27(2)45-38(56)39-48-40(50-58-39)42(3,4)5)34-22-35(44-25-43-34)46-36-21-32-24-51(18-19-54(32)49-36)23-28-12-15-52(16-13-28)30-7-9-31(10-8-30)53-17-14-37(55)47-41(53)57/h6-11,20-22,25,27-28H,12-19,23-24H2,1-5H3,(H,45,56)(H,47,55,57)(H,43,44,46,49)/t27-/m1/s1. The molecule has 0 radical (unpaired) electrons. The maximum atomic E-state index is 12.9. The zero-order valence-electron chi connectivity index (χ0n) is 33.7. The molecular weight excluding hydrogens is 737 g/mol. The zero-order chi connectivity index (χ0) is 40.6. The van der Waals surface area contributed by atoms with Crippen LogP contribution in [0.5, 0.6) is 0 Å². The van der Waals surface area contributed by atoms with E-state index < -0.39 is 5.91 Å². The molecule has 302 valence electrons. The molecular formula is C42H50N12O4. The number of aryl methyl sites for hydroxylation is 1.